The number of hydrogen-bond donors (Lipinski definition) is 1. The Morgan fingerprint density at radius 2 is 2.45 bits per heavy atom. The second-order valence-corrected chi connectivity index (χ2v) is 3.27. The molecule has 0 aromatic carbocycles. The molecule has 0 saturated heterocycles. The highest BCUT2D eigenvalue weighted by Gasteiger charge is 2.22. The Morgan fingerprint density at radius 1 is 1.73 bits per heavy atom. The van der Waals surface area contributed by atoms with Crippen LogP contribution in [0.5, 0.6) is 0 Å². The lowest BCUT2D eigenvalue weighted by molar-refractivity contribution is 0.0966. The second kappa shape index (κ2) is 3.98. The van der Waals surface area contributed by atoms with Crippen molar-refractivity contribution in [3.8, 4) is 0 Å². The van der Waals surface area contributed by atoms with E-state index in [9.17, 15) is 0 Å². The van der Waals surface area contributed by atoms with Gasteiger partial charge in [-0.1, -0.05) is 6.08 Å². The zero-order valence-corrected chi connectivity index (χ0v) is 7.69. The molecule has 0 amide bonds. The predicted octanol–water partition coefficient (Wildman–Crippen LogP) is 1.51. The van der Waals surface area contributed by atoms with Gasteiger partial charge in [0.15, 0.2) is 0 Å². The molecule has 0 aromatic heterocycles. The summed E-state index contributed by atoms with van der Waals surface area (Å²) in [5.41, 5.74) is 1.22. The van der Waals surface area contributed by atoms with E-state index in [0.29, 0.717) is 0 Å². The van der Waals surface area contributed by atoms with Crippen LogP contribution in [-0.4, -0.2) is 25.6 Å². The Kier molecular flexibility index (Phi) is 3.21. The number of alkyl halides is 1. The van der Waals surface area contributed by atoms with Crippen LogP contribution in [0.3, 0.4) is 0 Å². The minimum Gasteiger partial charge on any atom is -0.392 e. The highest BCUT2D eigenvalue weighted by molar-refractivity contribution is 6.21. The van der Waals surface area contributed by atoms with E-state index in [1.807, 2.05) is 7.05 Å². The molecule has 0 heterocycles. The van der Waals surface area contributed by atoms with Crippen LogP contribution in [-0.2, 0) is 4.74 Å². The molecular weight excluding hydrogens is 162 g/mol. The lowest BCUT2D eigenvalue weighted by atomic mass is 10.0. The molecule has 2 unspecified atom stereocenters. The van der Waals surface area contributed by atoms with Crippen LogP contribution >= 0.6 is 11.6 Å². The van der Waals surface area contributed by atoms with Gasteiger partial charge in [-0.2, -0.15) is 0 Å². The van der Waals surface area contributed by atoms with Crippen molar-refractivity contribution in [1.82, 2.24) is 5.32 Å². The summed E-state index contributed by atoms with van der Waals surface area (Å²) >= 11 is 6.05. The summed E-state index contributed by atoms with van der Waals surface area (Å²) in [7, 11) is 3.63. The Balaban J connectivity index is 2.51. The van der Waals surface area contributed by atoms with Gasteiger partial charge in [0.25, 0.3) is 0 Å². The van der Waals surface area contributed by atoms with E-state index in [2.05, 4.69) is 11.4 Å². The van der Waals surface area contributed by atoms with Gasteiger partial charge in [-0.15, -0.1) is 11.6 Å². The Labute approximate surface area is 72.6 Å². The molecule has 0 saturated carbocycles. The van der Waals surface area contributed by atoms with Gasteiger partial charge in [0.2, 0.25) is 0 Å². The van der Waals surface area contributed by atoms with E-state index in [4.69, 9.17) is 16.3 Å². The first-order valence-corrected chi connectivity index (χ1v) is 4.25. The van der Waals surface area contributed by atoms with E-state index in [0.717, 1.165) is 12.8 Å². The quantitative estimate of drug-likeness (QED) is 0.643. The normalized spacial score (nSPS) is 31.4. The van der Waals surface area contributed by atoms with Crippen LogP contribution in [0.4, 0.5) is 0 Å². The molecule has 2 nitrogen and oxygen atoms in total. The number of methoxy groups -OCH3 is 1. The van der Waals surface area contributed by atoms with Crippen molar-refractivity contribution in [2.75, 3.05) is 14.2 Å². The Morgan fingerprint density at radius 3 is 2.91 bits per heavy atom. The zero-order valence-electron chi connectivity index (χ0n) is 6.93. The maximum Gasteiger partial charge on any atom is 0.0773 e. The fourth-order valence-corrected chi connectivity index (χ4v) is 1.65. The van der Waals surface area contributed by atoms with Gasteiger partial charge in [0.05, 0.1) is 11.5 Å². The smallest absolute Gasteiger partial charge is 0.0773 e. The maximum atomic E-state index is 6.05. The monoisotopic (exact) mass is 175 g/mol. The molecule has 3 heteroatoms. The summed E-state index contributed by atoms with van der Waals surface area (Å²) in [4.78, 5) is 0. The minimum absolute atomic E-state index is 0.118. The molecule has 0 aliphatic heterocycles. The number of ether oxygens (including phenoxy) is 1. The molecule has 0 spiro atoms. The van der Waals surface area contributed by atoms with Gasteiger partial charge in [-0.3, -0.25) is 0 Å². The third-order valence-electron chi connectivity index (χ3n) is 2.04. The van der Waals surface area contributed by atoms with Gasteiger partial charge >= 0.3 is 0 Å². The molecule has 1 rings (SSSR count). The van der Waals surface area contributed by atoms with Gasteiger partial charge in [0.1, 0.15) is 0 Å². The van der Waals surface area contributed by atoms with E-state index in [1.54, 1.807) is 7.11 Å². The van der Waals surface area contributed by atoms with Gasteiger partial charge < -0.3 is 10.1 Å². The topological polar surface area (TPSA) is 21.3 Å². The van der Waals surface area contributed by atoms with Crippen molar-refractivity contribution < 1.29 is 4.74 Å². The van der Waals surface area contributed by atoms with Crippen LogP contribution in [0.25, 0.3) is 0 Å². The molecule has 1 aliphatic rings. The van der Waals surface area contributed by atoms with Crippen molar-refractivity contribution in [2.24, 2.45) is 0 Å². The molecule has 11 heavy (non-hydrogen) atoms. The average molecular weight is 176 g/mol. The van der Waals surface area contributed by atoms with Crippen LogP contribution in [0.1, 0.15) is 12.8 Å². The van der Waals surface area contributed by atoms with E-state index < -0.39 is 0 Å². The van der Waals surface area contributed by atoms with Crippen molar-refractivity contribution >= 4 is 11.6 Å². The van der Waals surface area contributed by atoms with Gasteiger partial charge in [-0.25, -0.2) is 0 Å². The summed E-state index contributed by atoms with van der Waals surface area (Å²) in [6, 6.07) is 0. The molecule has 0 fully saturated rings. The summed E-state index contributed by atoms with van der Waals surface area (Å²) in [5.74, 6) is 0. The number of hydrogen-bond acceptors (Lipinski definition) is 2. The van der Waals surface area contributed by atoms with E-state index in [-0.39, 0.29) is 11.5 Å². The molecule has 2 atom stereocenters. The van der Waals surface area contributed by atoms with Crippen LogP contribution in [0.15, 0.2) is 11.8 Å². The summed E-state index contributed by atoms with van der Waals surface area (Å²) < 4.78 is 5.19. The van der Waals surface area contributed by atoms with Crippen LogP contribution in [0, 0.1) is 0 Å². The molecule has 0 bridgehead atoms. The number of halogens is 1. The first-order valence-electron chi connectivity index (χ1n) is 3.81. The maximum absolute atomic E-state index is 6.05. The summed E-state index contributed by atoms with van der Waals surface area (Å²) in [6.07, 6.45) is 4.14. The molecule has 1 N–H and O–H groups in total. The standard InChI is InChI=1S/C8H14ClNO/c1-10-6-3-4-8(11-2)7(9)5-6/h3,7-8,10H,4-5H2,1-2H3. The number of nitrogens with one attached hydrogen (secondary N) is 1. The largest absolute Gasteiger partial charge is 0.392 e. The van der Waals surface area contributed by atoms with Crippen molar-refractivity contribution in [3.63, 3.8) is 0 Å². The van der Waals surface area contributed by atoms with Gasteiger partial charge in [0, 0.05) is 26.3 Å². The lowest BCUT2D eigenvalue weighted by Crippen LogP contribution is -2.29. The Bertz CT molecular complexity index is 158. The zero-order chi connectivity index (χ0) is 8.27. The van der Waals surface area contributed by atoms with E-state index >= 15 is 0 Å². The van der Waals surface area contributed by atoms with Crippen molar-refractivity contribution in [2.45, 2.75) is 24.3 Å². The fourth-order valence-electron chi connectivity index (χ4n) is 1.28. The SMILES string of the molecule is CNC1=CCC(OC)C(Cl)C1. The lowest BCUT2D eigenvalue weighted by Gasteiger charge is -2.25. The molecule has 0 radical (unpaired) electrons. The molecule has 64 valence electrons. The predicted molar refractivity (Wildman–Crippen MR) is 46.8 cm³/mol. The first-order chi connectivity index (χ1) is 5.27. The molecular formula is C8H14ClNO. The van der Waals surface area contributed by atoms with Gasteiger partial charge in [-0.05, 0) is 6.42 Å². The molecule has 0 aromatic rings. The first kappa shape index (κ1) is 8.88. The second-order valence-electron chi connectivity index (χ2n) is 2.71. The third kappa shape index (κ3) is 2.11. The molecule has 1 aliphatic carbocycles. The minimum atomic E-state index is 0.118. The Hall–Kier alpha value is -0.210. The average Bonchev–Trinajstić information content (AvgIpc) is 2.04. The summed E-state index contributed by atoms with van der Waals surface area (Å²) in [5, 5.41) is 3.22. The number of allylic oxidation sites excluding steroid dienone is 1. The highest BCUT2D eigenvalue weighted by Crippen LogP contribution is 2.23. The van der Waals surface area contributed by atoms with E-state index in [1.165, 1.54) is 5.70 Å². The number of rotatable bonds is 2. The fraction of sp³-hybridized carbons (Fsp3) is 0.750. The van der Waals surface area contributed by atoms with Crippen molar-refractivity contribution in [3.05, 3.63) is 11.8 Å². The third-order valence-corrected chi connectivity index (χ3v) is 2.47. The van der Waals surface area contributed by atoms with Crippen LogP contribution < -0.4 is 5.32 Å². The van der Waals surface area contributed by atoms with Crippen molar-refractivity contribution in [1.29, 1.82) is 0 Å². The van der Waals surface area contributed by atoms with Crippen LogP contribution in [0.2, 0.25) is 0 Å². The highest BCUT2D eigenvalue weighted by atomic mass is 35.5. The summed E-state index contributed by atoms with van der Waals surface area (Å²) in [6.45, 7) is 0.